The van der Waals surface area contributed by atoms with Crippen molar-refractivity contribution in [1.82, 2.24) is 10.7 Å². The summed E-state index contributed by atoms with van der Waals surface area (Å²) < 4.78 is 0. The van der Waals surface area contributed by atoms with E-state index in [9.17, 15) is 0 Å². The van der Waals surface area contributed by atoms with Gasteiger partial charge in [0.2, 0.25) is 5.96 Å². The van der Waals surface area contributed by atoms with E-state index >= 15 is 0 Å². The number of hydrogen-bond acceptors (Lipinski definition) is 2. The van der Waals surface area contributed by atoms with Crippen LogP contribution in [0.1, 0.15) is 47.5 Å². The van der Waals surface area contributed by atoms with Gasteiger partial charge < -0.3 is 5.32 Å². The van der Waals surface area contributed by atoms with Crippen LogP contribution in [-0.4, -0.2) is 18.0 Å². The van der Waals surface area contributed by atoms with Gasteiger partial charge in [0.25, 0.3) is 0 Å². The molecule has 15 heavy (non-hydrogen) atoms. The van der Waals surface area contributed by atoms with Gasteiger partial charge >= 0.3 is 0 Å². The van der Waals surface area contributed by atoms with Gasteiger partial charge in [0.1, 0.15) is 0 Å². The number of aliphatic imine (C=N–C) groups is 1. The molecule has 4 heteroatoms. The van der Waals surface area contributed by atoms with E-state index in [0.29, 0.717) is 24.0 Å². The van der Waals surface area contributed by atoms with Gasteiger partial charge in [-0.2, -0.15) is 0 Å². The van der Waals surface area contributed by atoms with Crippen molar-refractivity contribution in [3.63, 3.8) is 0 Å². The first kappa shape index (κ1) is 14.2. The molecule has 0 heterocycles. The molecule has 0 saturated carbocycles. The third-order valence-electron chi connectivity index (χ3n) is 2.63. The van der Waals surface area contributed by atoms with E-state index in [1.54, 1.807) is 0 Å². The molecule has 0 spiro atoms. The van der Waals surface area contributed by atoms with Crippen molar-refractivity contribution in [2.45, 2.75) is 59.5 Å². The summed E-state index contributed by atoms with van der Waals surface area (Å²) in [6.07, 6.45) is 2.31. The highest BCUT2D eigenvalue weighted by Gasteiger charge is 2.13. The fourth-order valence-corrected chi connectivity index (χ4v) is 1.67. The second-order valence-corrected chi connectivity index (χ2v) is 4.24. The minimum atomic E-state index is 0.303. The lowest BCUT2D eigenvalue weighted by Gasteiger charge is -2.20. The molecule has 0 aliphatic heterocycles. The van der Waals surface area contributed by atoms with Crippen LogP contribution < -0.4 is 16.6 Å². The predicted octanol–water partition coefficient (Wildman–Crippen LogP) is 1.63. The molecule has 4 nitrogen and oxygen atoms in total. The normalized spacial score (nSPS) is 14.5. The Kier molecular flexibility index (Phi) is 7.13. The van der Waals surface area contributed by atoms with Crippen LogP contribution in [-0.2, 0) is 0 Å². The van der Waals surface area contributed by atoms with Gasteiger partial charge in [-0.25, -0.2) is 10.8 Å². The van der Waals surface area contributed by atoms with Crippen LogP contribution >= 0.6 is 0 Å². The Hall–Kier alpha value is -0.770. The van der Waals surface area contributed by atoms with Crippen molar-refractivity contribution in [3.05, 3.63) is 0 Å². The van der Waals surface area contributed by atoms with Gasteiger partial charge in [-0.3, -0.25) is 5.43 Å². The Labute approximate surface area is 93.7 Å². The fraction of sp³-hybridized carbons (Fsp3) is 0.909. The molecule has 1 atom stereocenters. The van der Waals surface area contributed by atoms with E-state index in [2.05, 4.69) is 50.4 Å². The standard InChI is InChI=1S/C11H26N4/c1-6-10(7-2)9(5)14-11(15-12)13-8(3)4/h8-10H,6-7,12H2,1-5H3,(H2,13,14,15). The van der Waals surface area contributed by atoms with Gasteiger partial charge in [-0.05, 0) is 26.7 Å². The lowest BCUT2D eigenvalue weighted by molar-refractivity contribution is 0.416. The zero-order valence-electron chi connectivity index (χ0n) is 10.7. The Morgan fingerprint density at radius 2 is 1.73 bits per heavy atom. The van der Waals surface area contributed by atoms with Gasteiger partial charge in [0.15, 0.2) is 0 Å². The topological polar surface area (TPSA) is 62.4 Å². The molecule has 4 N–H and O–H groups in total. The van der Waals surface area contributed by atoms with E-state index in [1.807, 2.05) is 0 Å². The molecule has 0 radical (unpaired) electrons. The molecule has 0 aromatic carbocycles. The molecule has 0 fully saturated rings. The highest BCUT2D eigenvalue weighted by atomic mass is 15.3. The number of rotatable bonds is 5. The van der Waals surface area contributed by atoms with E-state index in [-0.39, 0.29) is 0 Å². The fourth-order valence-electron chi connectivity index (χ4n) is 1.67. The minimum Gasteiger partial charge on any atom is -0.353 e. The summed E-state index contributed by atoms with van der Waals surface area (Å²) in [4.78, 5) is 4.55. The summed E-state index contributed by atoms with van der Waals surface area (Å²) in [7, 11) is 0. The second kappa shape index (κ2) is 7.51. The van der Waals surface area contributed by atoms with Gasteiger partial charge in [-0.1, -0.05) is 26.7 Å². The number of nitrogens with zero attached hydrogens (tertiary/aromatic N) is 1. The maximum atomic E-state index is 5.41. The SMILES string of the molecule is CCC(CC)C(C)N=C(NN)NC(C)C. The van der Waals surface area contributed by atoms with Crippen molar-refractivity contribution < 1.29 is 0 Å². The smallest absolute Gasteiger partial charge is 0.206 e. The molecule has 0 aromatic heterocycles. The van der Waals surface area contributed by atoms with E-state index in [1.165, 1.54) is 0 Å². The minimum absolute atomic E-state index is 0.303. The molecule has 0 aromatic rings. The van der Waals surface area contributed by atoms with Crippen molar-refractivity contribution in [3.8, 4) is 0 Å². The Morgan fingerprint density at radius 1 is 1.20 bits per heavy atom. The molecule has 90 valence electrons. The van der Waals surface area contributed by atoms with Crippen LogP contribution in [0.25, 0.3) is 0 Å². The summed E-state index contributed by atoms with van der Waals surface area (Å²) in [5.74, 6) is 6.72. The maximum Gasteiger partial charge on any atom is 0.206 e. The monoisotopic (exact) mass is 214 g/mol. The lowest BCUT2D eigenvalue weighted by Crippen LogP contribution is -2.45. The molecular formula is C11H26N4. The molecule has 0 amide bonds. The molecule has 0 bridgehead atoms. The van der Waals surface area contributed by atoms with Crippen LogP contribution in [0.3, 0.4) is 0 Å². The molecule has 0 saturated heterocycles. The van der Waals surface area contributed by atoms with E-state index < -0.39 is 0 Å². The zero-order chi connectivity index (χ0) is 11.8. The lowest BCUT2D eigenvalue weighted by atomic mass is 9.96. The largest absolute Gasteiger partial charge is 0.353 e. The highest BCUT2D eigenvalue weighted by molar-refractivity contribution is 5.79. The molecule has 0 aliphatic rings. The molecule has 1 unspecified atom stereocenters. The van der Waals surface area contributed by atoms with Crippen LogP contribution in [0.15, 0.2) is 4.99 Å². The van der Waals surface area contributed by atoms with Crippen molar-refractivity contribution >= 4 is 5.96 Å². The molecule has 0 rings (SSSR count). The third-order valence-corrected chi connectivity index (χ3v) is 2.63. The van der Waals surface area contributed by atoms with Crippen molar-refractivity contribution in [1.29, 1.82) is 0 Å². The summed E-state index contributed by atoms with van der Waals surface area (Å²) in [6.45, 7) is 10.7. The molecule has 0 aliphatic carbocycles. The summed E-state index contributed by atoms with van der Waals surface area (Å²) in [6, 6.07) is 0.644. The zero-order valence-corrected chi connectivity index (χ0v) is 10.7. The van der Waals surface area contributed by atoms with Crippen LogP contribution in [0.5, 0.6) is 0 Å². The first-order valence-corrected chi connectivity index (χ1v) is 5.86. The summed E-state index contributed by atoms with van der Waals surface area (Å²) in [5.41, 5.74) is 2.61. The number of guanidine groups is 1. The Balaban J connectivity index is 4.38. The number of hydrogen-bond donors (Lipinski definition) is 3. The number of nitrogens with two attached hydrogens (primary N) is 1. The van der Waals surface area contributed by atoms with Gasteiger partial charge in [-0.15, -0.1) is 0 Å². The van der Waals surface area contributed by atoms with Gasteiger partial charge in [0, 0.05) is 6.04 Å². The average molecular weight is 214 g/mol. The quantitative estimate of drug-likeness (QED) is 0.282. The first-order valence-electron chi connectivity index (χ1n) is 5.86. The van der Waals surface area contributed by atoms with Gasteiger partial charge in [0.05, 0.1) is 6.04 Å². The summed E-state index contributed by atoms with van der Waals surface area (Å²) in [5, 5.41) is 3.18. The average Bonchev–Trinajstić information content (AvgIpc) is 2.17. The van der Waals surface area contributed by atoms with Crippen LogP contribution in [0, 0.1) is 5.92 Å². The Morgan fingerprint density at radius 3 is 2.07 bits per heavy atom. The number of nitrogens with one attached hydrogen (secondary N) is 2. The highest BCUT2D eigenvalue weighted by Crippen LogP contribution is 2.15. The van der Waals surface area contributed by atoms with Crippen LogP contribution in [0.2, 0.25) is 0 Å². The molecular weight excluding hydrogens is 188 g/mol. The number of hydrazine groups is 1. The maximum absolute atomic E-state index is 5.41. The Bertz CT molecular complexity index is 185. The first-order chi connectivity index (χ1) is 7.04. The summed E-state index contributed by atoms with van der Waals surface area (Å²) >= 11 is 0. The van der Waals surface area contributed by atoms with E-state index in [0.717, 1.165) is 12.8 Å². The second-order valence-electron chi connectivity index (χ2n) is 4.24. The van der Waals surface area contributed by atoms with Crippen LogP contribution in [0.4, 0.5) is 0 Å². The van der Waals surface area contributed by atoms with E-state index in [4.69, 9.17) is 5.84 Å². The van der Waals surface area contributed by atoms with Crippen molar-refractivity contribution in [2.75, 3.05) is 0 Å². The predicted molar refractivity (Wildman–Crippen MR) is 66.6 cm³/mol. The third kappa shape index (κ3) is 5.62. The van der Waals surface area contributed by atoms with Crippen molar-refractivity contribution in [2.24, 2.45) is 16.8 Å².